The average Bonchev–Trinajstić information content (AvgIpc) is 2.68. The van der Waals surface area contributed by atoms with Gasteiger partial charge in [0.1, 0.15) is 5.70 Å². The molecular formula is C23H29N3O2. The molecule has 2 rings (SSSR count). The summed E-state index contributed by atoms with van der Waals surface area (Å²) in [6.07, 6.45) is 1.70. The van der Waals surface area contributed by atoms with Gasteiger partial charge in [-0.3, -0.25) is 9.59 Å². The van der Waals surface area contributed by atoms with Crippen molar-refractivity contribution in [2.24, 2.45) is 0 Å². The van der Waals surface area contributed by atoms with E-state index in [1.54, 1.807) is 30.3 Å². The predicted octanol–water partition coefficient (Wildman–Crippen LogP) is 3.26. The third-order valence-electron chi connectivity index (χ3n) is 4.29. The van der Waals surface area contributed by atoms with Crippen LogP contribution in [0.1, 0.15) is 41.3 Å². The number of amides is 2. The fourth-order valence-electron chi connectivity index (χ4n) is 2.57. The summed E-state index contributed by atoms with van der Waals surface area (Å²) in [5.41, 5.74) is 2.81. The molecule has 0 spiro atoms. The summed E-state index contributed by atoms with van der Waals surface area (Å²) >= 11 is 0. The van der Waals surface area contributed by atoms with Gasteiger partial charge in [-0.05, 0) is 49.3 Å². The van der Waals surface area contributed by atoms with E-state index >= 15 is 0 Å². The number of likely N-dealkylation sites (N-methyl/N-ethyl adjacent to an activating group) is 1. The summed E-state index contributed by atoms with van der Waals surface area (Å²) in [5.74, 6) is -0.183. The number of hydrogen-bond acceptors (Lipinski definition) is 3. The molecule has 0 unspecified atom stereocenters. The topological polar surface area (TPSA) is 61.4 Å². The predicted molar refractivity (Wildman–Crippen MR) is 114 cm³/mol. The van der Waals surface area contributed by atoms with Crippen LogP contribution in [0.2, 0.25) is 0 Å². The van der Waals surface area contributed by atoms with E-state index in [-0.39, 0.29) is 17.5 Å². The van der Waals surface area contributed by atoms with Gasteiger partial charge < -0.3 is 15.5 Å². The highest BCUT2D eigenvalue weighted by atomic mass is 16.2. The number of rotatable bonds is 8. The molecule has 5 nitrogen and oxygen atoms in total. The van der Waals surface area contributed by atoms with E-state index in [1.807, 2.05) is 49.3 Å². The van der Waals surface area contributed by atoms with Gasteiger partial charge in [0.05, 0.1) is 0 Å². The van der Waals surface area contributed by atoms with Crippen molar-refractivity contribution in [1.29, 1.82) is 0 Å². The Morgan fingerprint density at radius 1 is 1.00 bits per heavy atom. The summed E-state index contributed by atoms with van der Waals surface area (Å²) in [6.45, 7) is 5.48. The van der Waals surface area contributed by atoms with Crippen LogP contribution < -0.4 is 10.6 Å². The van der Waals surface area contributed by atoms with Crippen LogP contribution in [0.5, 0.6) is 0 Å². The van der Waals surface area contributed by atoms with Crippen molar-refractivity contribution in [2.75, 3.05) is 27.2 Å². The van der Waals surface area contributed by atoms with Crippen LogP contribution in [0.15, 0.2) is 60.3 Å². The van der Waals surface area contributed by atoms with Crippen molar-refractivity contribution in [1.82, 2.24) is 15.5 Å². The maximum Gasteiger partial charge on any atom is 0.267 e. The highest BCUT2D eigenvalue weighted by molar-refractivity contribution is 6.05. The number of benzene rings is 2. The first-order valence-electron chi connectivity index (χ1n) is 9.48. The third-order valence-corrected chi connectivity index (χ3v) is 4.29. The van der Waals surface area contributed by atoms with Crippen molar-refractivity contribution in [3.8, 4) is 0 Å². The minimum atomic E-state index is -0.312. The molecule has 0 aromatic heterocycles. The number of hydrogen-bond donors (Lipinski definition) is 2. The Morgan fingerprint density at radius 2 is 1.64 bits per heavy atom. The quantitative estimate of drug-likeness (QED) is 0.692. The molecule has 2 aromatic carbocycles. The van der Waals surface area contributed by atoms with Crippen LogP contribution in [0, 0.1) is 0 Å². The average molecular weight is 380 g/mol. The zero-order valence-corrected chi connectivity index (χ0v) is 17.0. The zero-order chi connectivity index (χ0) is 20.5. The Bertz CT molecular complexity index is 810. The molecule has 0 saturated heterocycles. The first-order valence-corrected chi connectivity index (χ1v) is 9.48. The van der Waals surface area contributed by atoms with Crippen molar-refractivity contribution in [3.63, 3.8) is 0 Å². The fraction of sp³-hybridized carbons (Fsp3) is 0.304. The van der Waals surface area contributed by atoms with Crippen molar-refractivity contribution in [3.05, 3.63) is 77.0 Å². The van der Waals surface area contributed by atoms with Crippen LogP contribution in [0.25, 0.3) is 6.08 Å². The van der Waals surface area contributed by atoms with Crippen molar-refractivity contribution >= 4 is 17.9 Å². The number of carbonyl (C=O) groups is 2. The molecule has 0 atom stereocenters. The van der Waals surface area contributed by atoms with Crippen LogP contribution in [-0.4, -0.2) is 43.9 Å². The Hall–Kier alpha value is -2.92. The summed E-state index contributed by atoms with van der Waals surface area (Å²) in [4.78, 5) is 27.2. The first kappa shape index (κ1) is 21.4. The Labute approximate surface area is 167 Å². The molecule has 148 valence electrons. The Balaban J connectivity index is 2.21. The minimum Gasteiger partial charge on any atom is -0.349 e. The van der Waals surface area contributed by atoms with Crippen molar-refractivity contribution < 1.29 is 9.59 Å². The molecule has 0 fully saturated rings. The molecular weight excluding hydrogens is 350 g/mol. The number of carbonyl (C=O) groups excluding carboxylic acids is 2. The van der Waals surface area contributed by atoms with Crippen LogP contribution in [0.3, 0.4) is 0 Å². The largest absolute Gasteiger partial charge is 0.349 e. The van der Waals surface area contributed by atoms with E-state index in [1.165, 1.54) is 5.56 Å². The van der Waals surface area contributed by atoms with Gasteiger partial charge in [-0.1, -0.05) is 56.3 Å². The highest BCUT2D eigenvalue weighted by Crippen LogP contribution is 2.16. The molecule has 0 aliphatic rings. The second-order valence-corrected chi connectivity index (χ2v) is 7.26. The van der Waals surface area contributed by atoms with Crippen LogP contribution >= 0.6 is 0 Å². The standard InChI is InChI=1S/C23H29N3O2/c1-17(2)19-12-10-18(11-13-19)16-21(23(28)24-14-15-26(3)4)25-22(27)20-8-6-5-7-9-20/h5-13,16-17H,14-15H2,1-4H3,(H,24,28)(H,25,27)/b21-16+. The Morgan fingerprint density at radius 3 is 2.21 bits per heavy atom. The van der Waals surface area contributed by atoms with Crippen LogP contribution in [0.4, 0.5) is 0 Å². The second-order valence-electron chi connectivity index (χ2n) is 7.26. The maximum absolute atomic E-state index is 12.7. The molecule has 0 aliphatic heterocycles. The lowest BCUT2D eigenvalue weighted by atomic mass is 10.0. The summed E-state index contributed by atoms with van der Waals surface area (Å²) in [5, 5.41) is 5.61. The van der Waals surface area contributed by atoms with Gasteiger partial charge in [-0.2, -0.15) is 0 Å². The smallest absolute Gasteiger partial charge is 0.267 e. The highest BCUT2D eigenvalue weighted by Gasteiger charge is 2.14. The SMILES string of the molecule is CC(C)c1ccc(/C=C(/NC(=O)c2ccccc2)C(=O)NCCN(C)C)cc1. The summed E-state index contributed by atoms with van der Waals surface area (Å²) < 4.78 is 0. The fourth-order valence-corrected chi connectivity index (χ4v) is 2.57. The van der Waals surface area contributed by atoms with E-state index in [0.29, 0.717) is 18.0 Å². The molecule has 0 aliphatic carbocycles. The van der Waals surface area contributed by atoms with E-state index in [9.17, 15) is 9.59 Å². The lowest BCUT2D eigenvalue weighted by Crippen LogP contribution is -2.37. The minimum absolute atomic E-state index is 0.227. The molecule has 2 amide bonds. The zero-order valence-electron chi connectivity index (χ0n) is 17.0. The lowest BCUT2D eigenvalue weighted by Gasteiger charge is -2.13. The summed E-state index contributed by atoms with van der Waals surface area (Å²) in [7, 11) is 3.88. The van der Waals surface area contributed by atoms with Gasteiger partial charge in [0.15, 0.2) is 0 Å². The molecule has 5 heteroatoms. The third kappa shape index (κ3) is 6.67. The van der Waals surface area contributed by atoms with Crippen molar-refractivity contribution in [2.45, 2.75) is 19.8 Å². The van der Waals surface area contributed by atoms with E-state index in [0.717, 1.165) is 12.1 Å². The van der Waals surface area contributed by atoms with E-state index < -0.39 is 0 Å². The van der Waals surface area contributed by atoms with Gasteiger partial charge in [0.2, 0.25) is 0 Å². The molecule has 2 aromatic rings. The monoisotopic (exact) mass is 379 g/mol. The van der Waals surface area contributed by atoms with Gasteiger partial charge in [-0.25, -0.2) is 0 Å². The van der Waals surface area contributed by atoms with Crippen LogP contribution in [-0.2, 0) is 4.79 Å². The molecule has 0 bridgehead atoms. The summed E-state index contributed by atoms with van der Waals surface area (Å²) in [6, 6.07) is 16.9. The first-order chi connectivity index (χ1) is 13.4. The molecule has 28 heavy (non-hydrogen) atoms. The van der Waals surface area contributed by atoms with Gasteiger partial charge in [0.25, 0.3) is 11.8 Å². The van der Waals surface area contributed by atoms with E-state index in [4.69, 9.17) is 0 Å². The number of nitrogens with zero attached hydrogens (tertiary/aromatic N) is 1. The maximum atomic E-state index is 12.7. The normalized spacial score (nSPS) is 11.6. The van der Waals surface area contributed by atoms with E-state index in [2.05, 4.69) is 24.5 Å². The van der Waals surface area contributed by atoms with Gasteiger partial charge in [0, 0.05) is 18.7 Å². The van der Waals surface area contributed by atoms with Gasteiger partial charge >= 0.3 is 0 Å². The van der Waals surface area contributed by atoms with Gasteiger partial charge in [-0.15, -0.1) is 0 Å². The second kappa shape index (κ2) is 10.4. The number of nitrogens with one attached hydrogen (secondary N) is 2. The molecule has 2 N–H and O–H groups in total. The Kier molecular flexibility index (Phi) is 7.96. The molecule has 0 heterocycles. The molecule has 0 radical (unpaired) electrons. The lowest BCUT2D eigenvalue weighted by molar-refractivity contribution is -0.117. The molecule has 0 saturated carbocycles.